The monoisotopic (exact) mass is 451 g/mol. The van der Waals surface area contributed by atoms with E-state index in [1.54, 1.807) is 42.3 Å². The first kappa shape index (κ1) is 21.9. The zero-order valence-corrected chi connectivity index (χ0v) is 18.5. The van der Waals surface area contributed by atoms with Crippen LogP contribution in [0.5, 0.6) is 11.5 Å². The normalized spacial score (nSPS) is 11.3. The van der Waals surface area contributed by atoms with Gasteiger partial charge in [0.15, 0.2) is 11.6 Å². The molecule has 4 rings (SSSR count). The van der Waals surface area contributed by atoms with Gasteiger partial charge in [-0.2, -0.15) is 0 Å². The van der Waals surface area contributed by atoms with E-state index in [2.05, 4.69) is 31.0 Å². The maximum Gasteiger partial charge on any atom is 0.325 e. The minimum Gasteiger partial charge on any atom is -0.457 e. The van der Waals surface area contributed by atoms with E-state index in [0.717, 1.165) is 0 Å². The number of nitrogens with one attached hydrogen (secondary N) is 2. The molecular formula is C22H22FN7O3. The third-order valence-electron chi connectivity index (χ3n) is 4.59. The third-order valence-corrected chi connectivity index (χ3v) is 4.59. The highest BCUT2D eigenvalue weighted by Crippen LogP contribution is 2.28. The minimum absolute atomic E-state index is 0.0195. The van der Waals surface area contributed by atoms with Gasteiger partial charge in [0.05, 0.1) is 5.69 Å². The summed E-state index contributed by atoms with van der Waals surface area (Å²) in [5, 5.41) is 16.6. The summed E-state index contributed by atoms with van der Waals surface area (Å²) < 4.78 is 27.3. The first-order valence-electron chi connectivity index (χ1n) is 10.0. The molecule has 33 heavy (non-hydrogen) atoms. The van der Waals surface area contributed by atoms with E-state index in [-0.39, 0.29) is 22.7 Å². The summed E-state index contributed by atoms with van der Waals surface area (Å²) in [6.07, 6.45) is 3.12. The molecule has 0 aliphatic carbocycles. The van der Waals surface area contributed by atoms with Gasteiger partial charge in [0.1, 0.15) is 35.1 Å². The summed E-state index contributed by atoms with van der Waals surface area (Å²) in [5.41, 5.74) is 0.286. The lowest BCUT2D eigenvalue weighted by molar-refractivity contribution is 0.261. The van der Waals surface area contributed by atoms with E-state index >= 15 is 0 Å². The number of hydrogen-bond donors (Lipinski definition) is 2. The van der Waals surface area contributed by atoms with Crippen molar-refractivity contribution in [3.63, 3.8) is 0 Å². The predicted octanol–water partition coefficient (Wildman–Crippen LogP) is 4.74. The van der Waals surface area contributed by atoms with Crippen molar-refractivity contribution in [2.45, 2.75) is 26.2 Å². The van der Waals surface area contributed by atoms with Gasteiger partial charge in [-0.3, -0.25) is 10.3 Å². The number of aryl methyl sites for hydroxylation is 1. The number of aromatic nitrogens is 5. The molecule has 0 unspecified atom stereocenters. The Morgan fingerprint density at radius 1 is 1.12 bits per heavy atom. The fraction of sp³-hybridized carbons (Fsp3) is 0.227. The average molecular weight is 451 g/mol. The third kappa shape index (κ3) is 5.14. The molecule has 170 valence electrons. The summed E-state index contributed by atoms with van der Waals surface area (Å²) in [4.78, 5) is 16.5. The quantitative estimate of drug-likeness (QED) is 0.450. The lowest BCUT2D eigenvalue weighted by Gasteiger charge is -2.12. The Kier molecular flexibility index (Phi) is 5.78. The number of urea groups is 1. The Morgan fingerprint density at radius 2 is 1.91 bits per heavy atom. The van der Waals surface area contributed by atoms with E-state index in [1.807, 2.05) is 20.8 Å². The largest absolute Gasteiger partial charge is 0.457 e. The van der Waals surface area contributed by atoms with Crippen LogP contribution in [0.15, 0.2) is 53.4 Å². The lowest BCUT2D eigenvalue weighted by Crippen LogP contribution is -2.20. The second-order valence-electron chi connectivity index (χ2n) is 8.29. The van der Waals surface area contributed by atoms with Crippen molar-refractivity contribution >= 4 is 17.5 Å². The summed E-state index contributed by atoms with van der Waals surface area (Å²) >= 11 is 0. The van der Waals surface area contributed by atoms with Crippen molar-refractivity contribution in [1.82, 2.24) is 24.9 Å². The van der Waals surface area contributed by atoms with Crippen LogP contribution < -0.4 is 15.4 Å². The van der Waals surface area contributed by atoms with Crippen LogP contribution in [0, 0.1) is 5.82 Å². The molecule has 2 N–H and O–H groups in total. The first-order chi connectivity index (χ1) is 15.7. The second-order valence-corrected chi connectivity index (χ2v) is 8.29. The highest BCUT2D eigenvalue weighted by molar-refractivity contribution is 5.99. The van der Waals surface area contributed by atoms with Gasteiger partial charge in [-0.25, -0.2) is 9.18 Å². The number of carbonyl (C=O) groups excluding carboxylic acids is 1. The van der Waals surface area contributed by atoms with Crippen molar-refractivity contribution in [3.8, 4) is 23.0 Å². The molecule has 1 aromatic carbocycles. The molecule has 0 atom stereocenters. The zero-order valence-electron chi connectivity index (χ0n) is 18.5. The Bertz CT molecular complexity index is 1290. The highest BCUT2D eigenvalue weighted by Gasteiger charge is 2.20. The van der Waals surface area contributed by atoms with Crippen molar-refractivity contribution in [3.05, 3.63) is 60.5 Å². The Balaban J connectivity index is 1.42. The highest BCUT2D eigenvalue weighted by atomic mass is 19.1. The van der Waals surface area contributed by atoms with Gasteiger partial charge in [0.25, 0.3) is 0 Å². The molecule has 0 bridgehead atoms. The number of amides is 2. The molecule has 3 aromatic heterocycles. The fourth-order valence-electron chi connectivity index (χ4n) is 2.87. The molecule has 0 fully saturated rings. The van der Waals surface area contributed by atoms with Crippen LogP contribution in [0.2, 0.25) is 0 Å². The van der Waals surface area contributed by atoms with Gasteiger partial charge in [-0.15, -0.1) is 10.2 Å². The van der Waals surface area contributed by atoms with E-state index in [0.29, 0.717) is 23.0 Å². The molecule has 0 spiro atoms. The summed E-state index contributed by atoms with van der Waals surface area (Å²) in [7, 11) is 1.80. The first-order valence-corrected chi connectivity index (χ1v) is 10.0. The maximum atomic E-state index is 14.6. The Hall–Kier alpha value is -4.28. The fourth-order valence-corrected chi connectivity index (χ4v) is 2.87. The number of ether oxygens (including phenoxy) is 1. The molecule has 10 nitrogen and oxygen atoms in total. The van der Waals surface area contributed by atoms with E-state index in [4.69, 9.17) is 9.26 Å². The molecular weight excluding hydrogens is 429 g/mol. The van der Waals surface area contributed by atoms with Crippen molar-refractivity contribution in [2.75, 3.05) is 10.6 Å². The number of pyridine rings is 1. The van der Waals surface area contributed by atoms with Crippen LogP contribution in [-0.4, -0.2) is 30.9 Å². The molecule has 0 saturated heterocycles. The molecule has 3 heterocycles. The summed E-state index contributed by atoms with van der Waals surface area (Å²) in [5.74, 6) is 1.44. The van der Waals surface area contributed by atoms with E-state index in [9.17, 15) is 9.18 Å². The molecule has 4 aromatic rings. The Labute approximate surface area is 188 Å². The number of hydrogen-bond acceptors (Lipinski definition) is 7. The maximum absolute atomic E-state index is 14.6. The molecule has 11 heteroatoms. The topological polar surface area (TPSA) is 120 Å². The number of halogens is 1. The lowest BCUT2D eigenvalue weighted by atomic mass is 9.93. The summed E-state index contributed by atoms with van der Waals surface area (Å²) in [6, 6.07) is 8.39. The Morgan fingerprint density at radius 3 is 2.58 bits per heavy atom. The van der Waals surface area contributed by atoms with Crippen LogP contribution in [0.1, 0.15) is 26.5 Å². The van der Waals surface area contributed by atoms with Crippen LogP contribution in [-0.2, 0) is 12.5 Å². The van der Waals surface area contributed by atoms with E-state index in [1.165, 1.54) is 18.2 Å². The van der Waals surface area contributed by atoms with Crippen molar-refractivity contribution in [1.29, 1.82) is 0 Å². The number of anilines is 2. The average Bonchev–Trinajstić information content (AvgIpc) is 3.39. The van der Waals surface area contributed by atoms with Gasteiger partial charge in [0.2, 0.25) is 0 Å². The van der Waals surface area contributed by atoms with Gasteiger partial charge in [-0.05, 0) is 18.2 Å². The van der Waals surface area contributed by atoms with Crippen LogP contribution in [0.3, 0.4) is 0 Å². The smallest absolute Gasteiger partial charge is 0.325 e. The summed E-state index contributed by atoms with van der Waals surface area (Å²) in [6.45, 7) is 5.87. The van der Waals surface area contributed by atoms with Gasteiger partial charge in [-0.1, -0.05) is 25.9 Å². The molecule has 0 aliphatic rings. The van der Waals surface area contributed by atoms with Gasteiger partial charge in [0, 0.05) is 36.9 Å². The van der Waals surface area contributed by atoms with Crippen LogP contribution in [0.25, 0.3) is 11.5 Å². The molecule has 0 aliphatic heterocycles. The molecule has 0 radical (unpaired) electrons. The predicted molar refractivity (Wildman–Crippen MR) is 119 cm³/mol. The van der Waals surface area contributed by atoms with Crippen molar-refractivity contribution < 1.29 is 18.4 Å². The molecule has 2 amide bonds. The van der Waals surface area contributed by atoms with Gasteiger partial charge >= 0.3 is 6.03 Å². The minimum atomic E-state index is -0.666. The van der Waals surface area contributed by atoms with Crippen LogP contribution >= 0.6 is 0 Å². The van der Waals surface area contributed by atoms with Crippen molar-refractivity contribution in [2.24, 2.45) is 7.05 Å². The van der Waals surface area contributed by atoms with E-state index < -0.39 is 11.8 Å². The number of nitrogens with zero attached hydrogens (tertiary/aromatic N) is 5. The molecule has 0 saturated carbocycles. The van der Waals surface area contributed by atoms with Gasteiger partial charge < -0.3 is 19.1 Å². The zero-order chi connectivity index (χ0) is 23.6. The number of carbonyl (C=O) groups is 1. The standard InChI is InChI=1S/C22H22FN7O3/c1-22(2,3)18-11-19(29-33-18)27-21(31)26-16-6-5-13(9-15(16)23)32-14-7-8-24-17(10-14)20-28-25-12-30(20)4/h5-12H,1-4H3,(H2,26,27,29,31). The number of benzene rings is 1. The SMILES string of the molecule is Cn1cnnc1-c1cc(Oc2ccc(NC(=O)Nc3cc(C(C)(C)C)on3)c(F)c2)ccn1. The number of rotatable bonds is 5. The second kappa shape index (κ2) is 8.69. The van der Waals surface area contributed by atoms with Crippen LogP contribution in [0.4, 0.5) is 20.7 Å².